The highest BCUT2D eigenvalue weighted by Gasteiger charge is 1.96. The number of hydrogen-bond donors (Lipinski definition) is 1. The van der Waals surface area contributed by atoms with Crippen LogP contribution in [0.3, 0.4) is 0 Å². The Labute approximate surface area is 124 Å². The standard InChI is InChI=1S/C17H18N2O2/c1-20-16-6-8-17(9-7-16)21-13-12-19-15-4-2-14(3-5-15)10-11-18/h2-9,19H,10,12-13H2,1H3. The van der Waals surface area contributed by atoms with Crippen molar-refractivity contribution in [2.75, 3.05) is 25.6 Å². The van der Waals surface area contributed by atoms with Gasteiger partial charge in [-0.15, -0.1) is 0 Å². The molecule has 0 saturated carbocycles. The zero-order valence-electron chi connectivity index (χ0n) is 12.0. The highest BCUT2D eigenvalue weighted by Crippen LogP contribution is 2.17. The zero-order valence-corrected chi connectivity index (χ0v) is 12.0. The van der Waals surface area contributed by atoms with Crippen LogP contribution in [0.5, 0.6) is 11.5 Å². The summed E-state index contributed by atoms with van der Waals surface area (Å²) in [5.41, 5.74) is 2.05. The van der Waals surface area contributed by atoms with E-state index in [-0.39, 0.29) is 0 Å². The van der Waals surface area contributed by atoms with Crippen LogP contribution in [0.2, 0.25) is 0 Å². The van der Waals surface area contributed by atoms with Crippen molar-refractivity contribution in [1.82, 2.24) is 0 Å². The van der Waals surface area contributed by atoms with E-state index in [4.69, 9.17) is 14.7 Å². The van der Waals surface area contributed by atoms with Crippen molar-refractivity contribution < 1.29 is 9.47 Å². The van der Waals surface area contributed by atoms with Crippen LogP contribution in [0.25, 0.3) is 0 Å². The van der Waals surface area contributed by atoms with E-state index in [1.807, 2.05) is 48.5 Å². The number of nitrogens with zero attached hydrogens (tertiary/aromatic N) is 1. The van der Waals surface area contributed by atoms with E-state index in [0.717, 1.165) is 22.7 Å². The van der Waals surface area contributed by atoms with Gasteiger partial charge >= 0.3 is 0 Å². The second-order valence-electron chi connectivity index (χ2n) is 4.48. The topological polar surface area (TPSA) is 54.3 Å². The van der Waals surface area contributed by atoms with Crippen molar-refractivity contribution in [1.29, 1.82) is 5.26 Å². The van der Waals surface area contributed by atoms with Gasteiger partial charge in [0.2, 0.25) is 0 Å². The molecule has 21 heavy (non-hydrogen) atoms. The minimum atomic E-state index is 0.445. The molecule has 0 bridgehead atoms. The number of rotatable bonds is 7. The van der Waals surface area contributed by atoms with E-state index in [0.29, 0.717) is 19.6 Å². The number of nitriles is 1. The maximum atomic E-state index is 8.61. The van der Waals surface area contributed by atoms with Gasteiger partial charge in [0.05, 0.1) is 19.6 Å². The van der Waals surface area contributed by atoms with Gasteiger partial charge in [-0.05, 0) is 42.0 Å². The number of nitrogens with one attached hydrogen (secondary N) is 1. The van der Waals surface area contributed by atoms with E-state index in [2.05, 4.69) is 11.4 Å². The molecule has 0 saturated heterocycles. The molecule has 0 radical (unpaired) electrons. The summed E-state index contributed by atoms with van der Waals surface area (Å²) >= 11 is 0. The number of ether oxygens (including phenoxy) is 2. The van der Waals surface area contributed by atoms with Crippen molar-refractivity contribution in [2.45, 2.75) is 6.42 Å². The van der Waals surface area contributed by atoms with E-state index in [9.17, 15) is 0 Å². The molecule has 108 valence electrons. The van der Waals surface area contributed by atoms with Crippen LogP contribution >= 0.6 is 0 Å². The third-order valence-electron chi connectivity index (χ3n) is 3.00. The first kappa shape index (κ1) is 14.7. The van der Waals surface area contributed by atoms with Crippen molar-refractivity contribution in [3.8, 4) is 17.6 Å². The van der Waals surface area contributed by atoms with Gasteiger partial charge in [0.25, 0.3) is 0 Å². The molecule has 0 aliphatic rings. The molecular weight excluding hydrogens is 264 g/mol. The van der Waals surface area contributed by atoms with Gasteiger partial charge < -0.3 is 14.8 Å². The maximum Gasteiger partial charge on any atom is 0.119 e. The van der Waals surface area contributed by atoms with E-state index in [1.54, 1.807) is 7.11 Å². The third kappa shape index (κ3) is 4.73. The highest BCUT2D eigenvalue weighted by atomic mass is 16.5. The lowest BCUT2D eigenvalue weighted by molar-refractivity contribution is 0.332. The molecule has 0 fully saturated rings. The SMILES string of the molecule is COc1ccc(OCCNc2ccc(CC#N)cc2)cc1. The minimum Gasteiger partial charge on any atom is -0.497 e. The summed E-state index contributed by atoms with van der Waals surface area (Å²) in [5, 5.41) is 11.9. The molecule has 0 unspecified atom stereocenters. The summed E-state index contributed by atoms with van der Waals surface area (Å²) < 4.78 is 10.7. The van der Waals surface area contributed by atoms with Gasteiger partial charge in [-0.25, -0.2) is 0 Å². The fourth-order valence-electron chi connectivity index (χ4n) is 1.87. The van der Waals surface area contributed by atoms with E-state index in [1.165, 1.54) is 0 Å². The van der Waals surface area contributed by atoms with E-state index < -0.39 is 0 Å². The number of anilines is 1. The minimum absolute atomic E-state index is 0.445. The van der Waals surface area contributed by atoms with Crippen LogP contribution in [-0.4, -0.2) is 20.3 Å². The van der Waals surface area contributed by atoms with Crippen LogP contribution in [-0.2, 0) is 6.42 Å². The van der Waals surface area contributed by atoms with Gasteiger partial charge in [0.1, 0.15) is 18.1 Å². The average Bonchev–Trinajstić information content (AvgIpc) is 2.54. The molecule has 0 aliphatic carbocycles. The maximum absolute atomic E-state index is 8.61. The second-order valence-corrected chi connectivity index (χ2v) is 4.48. The lowest BCUT2D eigenvalue weighted by Crippen LogP contribution is -2.11. The summed E-state index contributed by atoms with van der Waals surface area (Å²) in [7, 11) is 1.64. The Bertz CT molecular complexity index is 586. The predicted octanol–water partition coefficient (Wildman–Crippen LogP) is 3.25. The van der Waals surface area contributed by atoms with Crippen molar-refractivity contribution >= 4 is 5.69 Å². The molecule has 0 heterocycles. The smallest absolute Gasteiger partial charge is 0.119 e. The first-order chi connectivity index (χ1) is 10.3. The fraction of sp³-hybridized carbons (Fsp3) is 0.235. The molecule has 2 rings (SSSR count). The Morgan fingerprint density at radius 3 is 2.29 bits per heavy atom. The third-order valence-corrected chi connectivity index (χ3v) is 3.00. The molecular formula is C17H18N2O2. The molecule has 0 spiro atoms. The fourth-order valence-corrected chi connectivity index (χ4v) is 1.87. The Hall–Kier alpha value is -2.67. The summed E-state index contributed by atoms with van der Waals surface area (Å²) in [4.78, 5) is 0. The van der Waals surface area contributed by atoms with Crippen LogP contribution in [0.4, 0.5) is 5.69 Å². The lowest BCUT2D eigenvalue weighted by Gasteiger charge is -2.09. The molecule has 1 N–H and O–H groups in total. The Balaban J connectivity index is 1.72. The number of methoxy groups -OCH3 is 1. The van der Waals surface area contributed by atoms with Gasteiger partial charge in [-0.3, -0.25) is 0 Å². The molecule has 0 aromatic heterocycles. The van der Waals surface area contributed by atoms with Crippen molar-refractivity contribution in [3.63, 3.8) is 0 Å². The summed E-state index contributed by atoms with van der Waals surface area (Å²) in [6, 6.07) is 17.5. The number of benzene rings is 2. The van der Waals surface area contributed by atoms with Gasteiger partial charge in [0.15, 0.2) is 0 Å². The van der Waals surface area contributed by atoms with Gasteiger partial charge in [-0.1, -0.05) is 12.1 Å². The van der Waals surface area contributed by atoms with Gasteiger partial charge in [0, 0.05) is 12.2 Å². The molecule has 0 aliphatic heterocycles. The largest absolute Gasteiger partial charge is 0.497 e. The van der Waals surface area contributed by atoms with Crippen LogP contribution < -0.4 is 14.8 Å². The van der Waals surface area contributed by atoms with Gasteiger partial charge in [-0.2, -0.15) is 5.26 Å². The molecule has 4 heteroatoms. The summed E-state index contributed by atoms with van der Waals surface area (Å²) in [6.07, 6.45) is 0.445. The summed E-state index contributed by atoms with van der Waals surface area (Å²) in [5.74, 6) is 1.64. The molecule has 0 amide bonds. The van der Waals surface area contributed by atoms with Crippen LogP contribution in [0.15, 0.2) is 48.5 Å². The lowest BCUT2D eigenvalue weighted by atomic mass is 10.1. The molecule has 2 aromatic rings. The Morgan fingerprint density at radius 1 is 1.00 bits per heavy atom. The first-order valence-corrected chi connectivity index (χ1v) is 6.78. The monoisotopic (exact) mass is 282 g/mol. The predicted molar refractivity (Wildman–Crippen MR) is 82.7 cm³/mol. The summed E-state index contributed by atoms with van der Waals surface area (Å²) in [6.45, 7) is 1.29. The first-order valence-electron chi connectivity index (χ1n) is 6.78. The average molecular weight is 282 g/mol. The Morgan fingerprint density at radius 2 is 1.67 bits per heavy atom. The normalized spacial score (nSPS) is 9.71. The van der Waals surface area contributed by atoms with Crippen LogP contribution in [0.1, 0.15) is 5.56 Å². The second kappa shape index (κ2) is 7.81. The molecule has 0 atom stereocenters. The zero-order chi connectivity index (χ0) is 14.9. The molecule has 4 nitrogen and oxygen atoms in total. The Kier molecular flexibility index (Phi) is 5.48. The van der Waals surface area contributed by atoms with E-state index >= 15 is 0 Å². The van der Waals surface area contributed by atoms with Crippen molar-refractivity contribution in [2.24, 2.45) is 0 Å². The quantitative estimate of drug-likeness (QED) is 0.792. The molecule has 2 aromatic carbocycles. The van der Waals surface area contributed by atoms with Crippen LogP contribution in [0, 0.1) is 11.3 Å². The number of hydrogen-bond acceptors (Lipinski definition) is 4. The van der Waals surface area contributed by atoms with Crippen molar-refractivity contribution in [3.05, 3.63) is 54.1 Å². The highest BCUT2D eigenvalue weighted by molar-refractivity contribution is 5.45.